The third-order valence-corrected chi connectivity index (χ3v) is 0.815. The van der Waals surface area contributed by atoms with Crippen molar-refractivity contribution in [2.75, 3.05) is 0 Å². The molecule has 0 heterocycles. The highest BCUT2D eigenvalue weighted by Gasteiger charge is 1.98. The molecule has 9 heavy (non-hydrogen) atoms. The van der Waals surface area contributed by atoms with E-state index in [0.29, 0.717) is 0 Å². The van der Waals surface area contributed by atoms with Crippen LogP contribution in [0.3, 0.4) is 0 Å². The number of rotatable bonds is 1. The summed E-state index contributed by atoms with van der Waals surface area (Å²) in [5.41, 5.74) is -0.437. The summed E-state index contributed by atoms with van der Waals surface area (Å²) in [6.45, 7) is 0. The van der Waals surface area contributed by atoms with Gasteiger partial charge in [0.1, 0.15) is 0 Å². The van der Waals surface area contributed by atoms with E-state index in [1.54, 1.807) is 0 Å². The van der Waals surface area contributed by atoms with Gasteiger partial charge in [-0.3, -0.25) is 10.1 Å². The zero-order chi connectivity index (χ0) is 8.43. The second-order valence-electron chi connectivity index (χ2n) is 1.42. The summed E-state index contributed by atoms with van der Waals surface area (Å²) in [5, 5.41) is 10.2. The Morgan fingerprint density at radius 2 is 2.00 bits per heavy atom. The van der Waals surface area contributed by atoms with Crippen molar-refractivity contribution >= 4 is 5.69 Å². The van der Waals surface area contributed by atoms with Crippen LogP contribution >= 0.6 is 0 Å². The predicted octanol–water partition coefficient (Wildman–Crippen LogP) is 1.59. The zero-order valence-electron chi connectivity index (χ0n) is 6.50. The molecule has 1 aromatic carbocycles. The minimum Gasteiger partial charge on any atom is -0.258 e. The maximum Gasteiger partial charge on any atom is 0.269 e. The fourth-order valence-electron chi connectivity index (χ4n) is 0.449. The van der Waals surface area contributed by atoms with Gasteiger partial charge in [0.15, 0.2) is 0 Å². The summed E-state index contributed by atoms with van der Waals surface area (Å²) in [7, 11) is 0. The molecule has 0 spiro atoms. The first-order valence-corrected chi connectivity index (χ1v) is 2.33. The zero-order valence-corrected chi connectivity index (χ0v) is 4.50. The molecule has 3 nitrogen and oxygen atoms in total. The van der Waals surface area contributed by atoms with Crippen LogP contribution < -0.4 is 0 Å². The molecule has 0 aliphatic rings. The van der Waals surface area contributed by atoms with E-state index in [-0.39, 0.29) is 12.1 Å². The third kappa shape index (κ3) is 1.25. The van der Waals surface area contributed by atoms with Crippen molar-refractivity contribution in [3.05, 3.63) is 40.4 Å². The Morgan fingerprint density at radius 1 is 1.44 bits per heavy atom. The van der Waals surface area contributed by atoms with Gasteiger partial charge in [-0.05, 0) is 0 Å². The monoisotopic (exact) mass is 125 g/mol. The van der Waals surface area contributed by atoms with E-state index in [2.05, 4.69) is 0 Å². The molecule has 0 amide bonds. The Balaban J connectivity index is 3.32. The van der Waals surface area contributed by atoms with Gasteiger partial charge in [-0.1, -0.05) is 18.2 Å². The van der Waals surface area contributed by atoms with Crippen molar-refractivity contribution in [2.24, 2.45) is 0 Å². The van der Waals surface area contributed by atoms with Crippen LogP contribution in [-0.4, -0.2) is 4.92 Å². The molecule has 1 rings (SSSR count). The fraction of sp³-hybridized carbons (Fsp3) is 0. The topological polar surface area (TPSA) is 43.1 Å². The number of nitro benzene ring substituents is 1. The molecule has 0 atom stereocenters. The molecule has 0 aliphatic carbocycles. The lowest BCUT2D eigenvalue weighted by Gasteiger charge is -1.85. The summed E-state index contributed by atoms with van der Waals surface area (Å²) in [6, 6.07) is 3.58. The molecule has 0 radical (unpaired) electrons. The summed E-state index contributed by atoms with van der Waals surface area (Å²) in [5.74, 6) is 0. The first kappa shape index (κ1) is 3.61. The number of para-hydroxylation sites is 1. The average molecular weight is 125 g/mol. The predicted molar refractivity (Wildman–Crippen MR) is 33.1 cm³/mol. The average Bonchev–Trinajstić information content (AvgIpc) is 1.85. The van der Waals surface area contributed by atoms with Gasteiger partial charge < -0.3 is 0 Å². The molecule has 0 saturated carbocycles. The van der Waals surface area contributed by atoms with Crippen molar-refractivity contribution < 1.29 is 7.66 Å². The van der Waals surface area contributed by atoms with Gasteiger partial charge >= 0.3 is 0 Å². The second kappa shape index (κ2) is 2.26. The largest absolute Gasteiger partial charge is 0.269 e. The van der Waals surface area contributed by atoms with Gasteiger partial charge in [0.25, 0.3) is 5.69 Å². The highest BCUT2D eigenvalue weighted by molar-refractivity contribution is 5.27. The lowest BCUT2D eigenvalue weighted by molar-refractivity contribution is -0.384. The molecule has 0 N–H and O–H groups in total. The molecule has 1 aromatic rings. The molecule has 0 unspecified atom stereocenters. The van der Waals surface area contributed by atoms with Gasteiger partial charge in [-0.15, -0.1) is 0 Å². The molecular formula is C6H5NO2. The standard InChI is InChI=1S/C6H5NO2/c8-7(9)6-4-2-1-3-5-6/h1-5H/i4D,5D. The van der Waals surface area contributed by atoms with Gasteiger partial charge in [0.05, 0.1) is 7.66 Å². The minimum absolute atomic E-state index is 0.220. The van der Waals surface area contributed by atoms with Crippen molar-refractivity contribution in [1.29, 1.82) is 0 Å². The Hall–Kier alpha value is -1.38. The number of benzene rings is 1. The van der Waals surface area contributed by atoms with Crippen LogP contribution in [0.25, 0.3) is 0 Å². The van der Waals surface area contributed by atoms with Gasteiger partial charge in [-0.25, -0.2) is 0 Å². The van der Waals surface area contributed by atoms with Crippen LogP contribution in [0.4, 0.5) is 5.69 Å². The molecule has 0 bridgehead atoms. The van der Waals surface area contributed by atoms with E-state index in [1.807, 2.05) is 0 Å². The summed E-state index contributed by atoms with van der Waals surface area (Å²) < 4.78 is 14.2. The van der Waals surface area contributed by atoms with E-state index in [4.69, 9.17) is 2.74 Å². The highest BCUT2D eigenvalue weighted by atomic mass is 16.6. The Bertz CT molecular complexity index is 280. The number of hydrogen-bond donors (Lipinski definition) is 0. The fourth-order valence-corrected chi connectivity index (χ4v) is 0.449. The van der Waals surface area contributed by atoms with E-state index in [9.17, 15) is 10.1 Å². The van der Waals surface area contributed by atoms with Crippen LogP contribution in [0.15, 0.2) is 30.3 Å². The smallest absolute Gasteiger partial charge is 0.258 e. The minimum atomic E-state index is -0.718. The maximum atomic E-state index is 10.2. The highest BCUT2D eigenvalue weighted by Crippen LogP contribution is 2.06. The van der Waals surface area contributed by atoms with E-state index in [0.717, 1.165) is 0 Å². The van der Waals surface area contributed by atoms with E-state index in [1.165, 1.54) is 18.2 Å². The molecule has 46 valence electrons. The Labute approximate surface area is 54.9 Å². The first-order chi connectivity index (χ1) is 5.13. The molecule has 0 fully saturated rings. The lowest BCUT2D eigenvalue weighted by atomic mass is 10.3. The first-order valence-electron chi connectivity index (χ1n) is 3.33. The maximum absolute atomic E-state index is 10.2. The van der Waals surface area contributed by atoms with Crippen molar-refractivity contribution in [2.45, 2.75) is 0 Å². The molecule has 3 heteroatoms. The number of nitro groups is 1. The second-order valence-corrected chi connectivity index (χ2v) is 1.42. The molecule has 0 aliphatic heterocycles. The van der Waals surface area contributed by atoms with Gasteiger partial charge in [-0.2, -0.15) is 0 Å². The van der Waals surface area contributed by atoms with E-state index >= 15 is 0 Å². The number of hydrogen-bond acceptors (Lipinski definition) is 2. The van der Waals surface area contributed by atoms with Crippen LogP contribution in [0.5, 0.6) is 0 Å². The number of nitrogens with zero attached hydrogens (tertiary/aromatic N) is 1. The summed E-state index contributed by atoms with van der Waals surface area (Å²) in [6.07, 6.45) is 0. The molecule has 0 saturated heterocycles. The van der Waals surface area contributed by atoms with Crippen LogP contribution in [0.1, 0.15) is 2.74 Å². The summed E-state index contributed by atoms with van der Waals surface area (Å²) in [4.78, 5) is 9.49. The Kier molecular flexibility index (Phi) is 0.906. The van der Waals surface area contributed by atoms with Crippen molar-refractivity contribution in [3.8, 4) is 0 Å². The third-order valence-electron chi connectivity index (χ3n) is 0.815. The van der Waals surface area contributed by atoms with Crippen LogP contribution in [0, 0.1) is 10.1 Å². The lowest BCUT2D eigenvalue weighted by Crippen LogP contribution is -1.84. The van der Waals surface area contributed by atoms with Gasteiger partial charge in [0.2, 0.25) is 0 Å². The van der Waals surface area contributed by atoms with Crippen LogP contribution in [-0.2, 0) is 0 Å². The van der Waals surface area contributed by atoms with E-state index < -0.39 is 10.6 Å². The Morgan fingerprint density at radius 3 is 2.33 bits per heavy atom. The SMILES string of the molecule is [2H]c1cccc([2H])c1[N+](=O)[O-]. The summed E-state index contributed by atoms with van der Waals surface area (Å²) >= 11 is 0. The van der Waals surface area contributed by atoms with Crippen LogP contribution in [0.2, 0.25) is 0 Å². The van der Waals surface area contributed by atoms with Crippen molar-refractivity contribution in [3.63, 3.8) is 0 Å². The normalized spacial score (nSPS) is 12.0. The quantitative estimate of drug-likeness (QED) is 0.422. The van der Waals surface area contributed by atoms with Gasteiger partial charge in [0, 0.05) is 12.1 Å². The van der Waals surface area contributed by atoms with Crippen molar-refractivity contribution in [1.82, 2.24) is 0 Å². The molecular weight excluding hydrogens is 118 g/mol. The molecule has 0 aromatic heterocycles.